The topological polar surface area (TPSA) is 52.1 Å². The van der Waals surface area contributed by atoms with Crippen LogP contribution in [0.5, 0.6) is 0 Å². The molecule has 0 fully saturated rings. The first kappa shape index (κ1) is 25.7. The highest BCUT2D eigenvalue weighted by molar-refractivity contribution is 5.84. The molecule has 0 saturated heterocycles. The number of hydrogen-bond acceptors (Lipinski definition) is 4. The third-order valence-electron chi connectivity index (χ3n) is 7.77. The molecule has 0 radical (unpaired) electrons. The van der Waals surface area contributed by atoms with Crippen molar-refractivity contribution in [1.82, 2.24) is 9.97 Å². The Morgan fingerprint density at radius 1 is 0.364 bits per heavy atom. The van der Waals surface area contributed by atoms with Gasteiger partial charge in [0.25, 0.3) is 0 Å². The molecule has 0 aliphatic rings. The van der Waals surface area contributed by atoms with Gasteiger partial charge in [-0.05, 0) is 81.9 Å². The highest BCUT2D eigenvalue weighted by Crippen LogP contribution is 2.30. The van der Waals surface area contributed by atoms with Crippen molar-refractivity contribution in [2.45, 2.75) is 0 Å². The minimum absolute atomic E-state index is 0.617. The van der Waals surface area contributed by atoms with Crippen LogP contribution in [0.15, 0.2) is 154 Å². The monoisotopic (exact) mass is 566 g/mol. The van der Waals surface area contributed by atoms with Gasteiger partial charge in [-0.2, -0.15) is 0 Å². The van der Waals surface area contributed by atoms with Crippen molar-refractivity contribution >= 4 is 34.4 Å². The molecule has 44 heavy (non-hydrogen) atoms. The zero-order valence-electron chi connectivity index (χ0n) is 23.7. The maximum atomic E-state index is 6.14. The van der Waals surface area contributed by atoms with E-state index in [2.05, 4.69) is 84.9 Å². The Kier molecular flexibility index (Phi) is 6.43. The third-order valence-corrected chi connectivity index (χ3v) is 7.77. The van der Waals surface area contributed by atoms with Crippen molar-refractivity contribution in [1.29, 1.82) is 0 Å². The van der Waals surface area contributed by atoms with Crippen molar-refractivity contribution in [3.63, 3.8) is 0 Å². The predicted molar refractivity (Wildman–Crippen MR) is 179 cm³/mol. The summed E-state index contributed by atoms with van der Waals surface area (Å²) in [6.07, 6.45) is 4.20. The van der Waals surface area contributed by atoms with Crippen LogP contribution in [0.1, 0.15) is 11.1 Å². The minimum atomic E-state index is 0.617. The van der Waals surface area contributed by atoms with E-state index in [9.17, 15) is 0 Å². The van der Waals surface area contributed by atoms with E-state index in [1.807, 2.05) is 72.8 Å². The Balaban J connectivity index is 0.967. The van der Waals surface area contributed by atoms with Gasteiger partial charge in [-0.25, -0.2) is 9.97 Å². The van der Waals surface area contributed by atoms with E-state index >= 15 is 0 Å². The van der Waals surface area contributed by atoms with Gasteiger partial charge in [-0.1, -0.05) is 109 Å². The number of benzene rings is 6. The molecule has 6 aromatic carbocycles. The fourth-order valence-corrected chi connectivity index (χ4v) is 5.38. The lowest BCUT2D eigenvalue weighted by atomic mass is 10.1. The van der Waals surface area contributed by atoms with Crippen molar-refractivity contribution in [2.75, 3.05) is 0 Å². The van der Waals surface area contributed by atoms with Crippen molar-refractivity contribution in [3.05, 3.63) is 157 Å². The molecule has 0 atom stereocenters. The second-order valence-corrected chi connectivity index (χ2v) is 10.7. The van der Waals surface area contributed by atoms with E-state index in [1.54, 1.807) is 0 Å². The van der Waals surface area contributed by atoms with Crippen LogP contribution in [0.2, 0.25) is 0 Å². The fraction of sp³-hybridized carbons (Fsp3) is 0. The van der Waals surface area contributed by atoms with Crippen molar-refractivity contribution in [2.24, 2.45) is 0 Å². The largest absolute Gasteiger partial charge is 0.436 e. The highest BCUT2D eigenvalue weighted by Gasteiger charge is 2.11. The SMILES string of the molecule is C(=Cc1ccc(-c2nc3ccc(-c4ccccc4)cc3o2)cc1)c1ccc(-c2nc3ccc(-c4ccccc4)cc3o2)cc1. The van der Waals surface area contributed by atoms with Crippen LogP contribution >= 0.6 is 0 Å². The van der Waals surface area contributed by atoms with Gasteiger partial charge in [0.05, 0.1) is 0 Å². The molecule has 208 valence electrons. The fourth-order valence-electron chi connectivity index (χ4n) is 5.38. The highest BCUT2D eigenvalue weighted by atomic mass is 16.4. The Morgan fingerprint density at radius 2 is 0.750 bits per heavy atom. The van der Waals surface area contributed by atoms with E-state index in [-0.39, 0.29) is 0 Å². The summed E-state index contributed by atoms with van der Waals surface area (Å²) < 4.78 is 12.3. The summed E-state index contributed by atoms with van der Waals surface area (Å²) in [5.41, 5.74) is 11.9. The van der Waals surface area contributed by atoms with E-state index in [0.29, 0.717) is 11.8 Å². The van der Waals surface area contributed by atoms with Crippen molar-refractivity contribution in [3.8, 4) is 45.2 Å². The van der Waals surface area contributed by atoms with E-state index in [1.165, 1.54) is 0 Å². The molecule has 0 unspecified atom stereocenters. The van der Waals surface area contributed by atoms with Crippen LogP contribution in [-0.2, 0) is 0 Å². The molecule has 4 heteroatoms. The summed E-state index contributed by atoms with van der Waals surface area (Å²) in [5.74, 6) is 1.23. The Hall–Kier alpha value is -6.00. The number of fused-ring (bicyclic) bond motifs is 2. The Labute approximate surface area is 254 Å². The molecule has 0 amide bonds. The van der Waals surface area contributed by atoms with Gasteiger partial charge < -0.3 is 8.83 Å². The van der Waals surface area contributed by atoms with Crippen molar-refractivity contribution < 1.29 is 8.83 Å². The third kappa shape index (κ3) is 5.10. The van der Waals surface area contributed by atoms with Gasteiger partial charge in [-0.3, -0.25) is 0 Å². The lowest BCUT2D eigenvalue weighted by molar-refractivity contribution is 0.619. The van der Waals surface area contributed by atoms with Crippen LogP contribution < -0.4 is 0 Å². The Morgan fingerprint density at radius 3 is 1.16 bits per heavy atom. The number of nitrogens with zero attached hydrogens (tertiary/aromatic N) is 2. The smallest absolute Gasteiger partial charge is 0.227 e. The van der Waals surface area contributed by atoms with E-state index < -0.39 is 0 Å². The van der Waals surface area contributed by atoms with Crippen LogP contribution in [-0.4, -0.2) is 9.97 Å². The molecule has 2 heterocycles. The quantitative estimate of drug-likeness (QED) is 0.188. The number of aromatic nitrogens is 2. The van der Waals surface area contributed by atoms with Gasteiger partial charge in [0.15, 0.2) is 11.2 Å². The van der Waals surface area contributed by atoms with Crippen LogP contribution in [0.25, 0.3) is 79.5 Å². The molecule has 0 saturated carbocycles. The van der Waals surface area contributed by atoms with E-state index in [0.717, 1.165) is 66.7 Å². The maximum Gasteiger partial charge on any atom is 0.227 e. The molecule has 0 spiro atoms. The van der Waals surface area contributed by atoms with Gasteiger partial charge in [0.1, 0.15) is 11.0 Å². The molecule has 4 nitrogen and oxygen atoms in total. The summed E-state index contributed by atoms with van der Waals surface area (Å²) in [5, 5.41) is 0. The molecule has 0 aliphatic heterocycles. The summed E-state index contributed by atoms with van der Waals surface area (Å²) in [4.78, 5) is 9.42. The predicted octanol–water partition coefficient (Wildman–Crippen LogP) is 10.8. The second kappa shape index (κ2) is 11.0. The maximum absolute atomic E-state index is 6.14. The second-order valence-electron chi connectivity index (χ2n) is 10.7. The van der Waals surface area contributed by atoms with Gasteiger partial charge >= 0.3 is 0 Å². The first-order chi connectivity index (χ1) is 21.7. The normalized spacial score (nSPS) is 11.5. The van der Waals surface area contributed by atoms with Gasteiger partial charge in [-0.15, -0.1) is 0 Å². The molecule has 8 rings (SSSR count). The van der Waals surface area contributed by atoms with Crippen LogP contribution in [0.4, 0.5) is 0 Å². The average Bonchev–Trinajstić information content (AvgIpc) is 3.73. The zero-order chi connectivity index (χ0) is 29.3. The molecular formula is C40H26N2O2. The summed E-state index contributed by atoms with van der Waals surface area (Å²) in [6.45, 7) is 0. The first-order valence-electron chi connectivity index (χ1n) is 14.6. The number of oxazole rings is 2. The van der Waals surface area contributed by atoms with E-state index in [4.69, 9.17) is 18.8 Å². The lowest BCUT2D eigenvalue weighted by Gasteiger charge is -2.00. The van der Waals surface area contributed by atoms with Gasteiger partial charge in [0.2, 0.25) is 11.8 Å². The molecule has 0 bridgehead atoms. The summed E-state index contributed by atoms with van der Waals surface area (Å²) in [7, 11) is 0. The molecule has 0 aliphatic carbocycles. The molecule has 0 N–H and O–H groups in total. The summed E-state index contributed by atoms with van der Waals surface area (Å²) in [6, 6.07) is 49.4. The molecular weight excluding hydrogens is 540 g/mol. The first-order valence-corrected chi connectivity index (χ1v) is 14.6. The number of hydrogen-bond donors (Lipinski definition) is 0. The lowest BCUT2D eigenvalue weighted by Crippen LogP contribution is -1.79. The van der Waals surface area contributed by atoms with Crippen LogP contribution in [0, 0.1) is 0 Å². The molecule has 8 aromatic rings. The van der Waals surface area contributed by atoms with Crippen LogP contribution in [0.3, 0.4) is 0 Å². The number of rotatable bonds is 6. The standard InChI is InChI=1S/C40H26N2O2/c1-3-7-29(8-4-1)33-21-23-35-37(25-33)43-39(41-35)31-17-13-27(14-18-31)11-12-28-15-19-32(20-16-28)40-42-36-24-22-34(26-38(36)44-40)30-9-5-2-6-10-30/h1-26H. The average molecular weight is 567 g/mol. The zero-order valence-corrected chi connectivity index (χ0v) is 23.7. The Bertz CT molecular complexity index is 2080. The molecule has 2 aromatic heterocycles. The summed E-state index contributed by atoms with van der Waals surface area (Å²) >= 11 is 0. The minimum Gasteiger partial charge on any atom is -0.436 e. The van der Waals surface area contributed by atoms with Gasteiger partial charge in [0, 0.05) is 11.1 Å².